The Bertz CT molecular complexity index is 1300. The highest BCUT2D eigenvalue weighted by Gasteiger charge is 2.44. The van der Waals surface area contributed by atoms with Crippen LogP contribution in [0.25, 0.3) is 21.8 Å². The third kappa shape index (κ3) is 3.50. The number of nitrogens with zero attached hydrogens (tertiary/aromatic N) is 4. The normalized spacial score (nSPS) is 19.1. The molecule has 3 N–H and O–H groups in total. The molecule has 1 fully saturated rings. The number of fused-ring (bicyclic) bond motifs is 2. The number of hydrogen-bond acceptors (Lipinski definition) is 4. The molecular formula is C25H26N6O. The molecule has 7 heteroatoms. The Morgan fingerprint density at radius 3 is 2.81 bits per heavy atom. The molecule has 0 aliphatic carbocycles. The number of aromatic amines is 1. The number of amides is 2. The Labute approximate surface area is 186 Å². The minimum atomic E-state index is -0.163. The van der Waals surface area contributed by atoms with Gasteiger partial charge in [0.2, 0.25) is 0 Å². The minimum Gasteiger partial charge on any atom is -0.345 e. The number of carbonyl (C=O) groups is 1. The van der Waals surface area contributed by atoms with E-state index in [1.165, 1.54) is 5.39 Å². The number of carbonyl (C=O) groups excluding carboxylic acids is 1. The van der Waals surface area contributed by atoms with E-state index < -0.39 is 0 Å². The van der Waals surface area contributed by atoms with Crippen LogP contribution in [0.5, 0.6) is 0 Å². The summed E-state index contributed by atoms with van der Waals surface area (Å²) >= 11 is 0. The van der Waals surface area contributed by atoms with Gasteiger partial charge in [0.05, 0.1) is 35.8 Å². The van der Waals surface area contributed by atoms with Gasteiger partial charge in [-0.2, -0.15) is 0 Å². The maximum Gasteiger partial charge on any atom is 0.330 e. The monoisotopic (exact) mass is 426 g/mol. The average molecular weight is 427 g/mol. The van der Waals surface area contributed by atoms with E-state index in [0.29, 0.717) is 13.1 Å². The van der Waals surface area contributed by atoms with Crippen LogP contribution in [0.15, 0.2) is 72.0 Å². The van der Waals surface area contributed by atoms with Crippen molar-refractivity contribution in [2.75, 3.05) is 18.0 Å². The summed E-state index contributed by atoms with van der Waals surface area (Å²) < 4.78 is 0. The van der Waals surface area contributed by atoms with E-state index in [1.54, 1.807) is 17.6 Å². The number of rotatable bonds is 6. The van der Waals surface area contributed by atoms with Gasteiger partial charge in [-0.15, -0.1) is 0 Å². The molecule has 2 atom stereocenters. The summed E-state index contributed by atoms with van der Waals surface area (Å²) in [5, 5.41) is 2.33. The summed E-state index contributed by atoms with van der Waals surface area (Å²) in [7, 11) is 0. The SMILES string of the molecule is CC1C(c2ccc3ccccc3c2)N(c2ccc3[nH]cnc3c2)C(=O)N1/C=N/CCCN. The molecule has 32 heavy (non-hydrogen) atoms. The summed E-state index contributed by atoms with van der Waals surface area (Å²) in [4.78, 5) is 29.1. The Morgan fingerprint density at radius 1 is 1.12 bits per heavy atom. The second-order valence-corrected chi connectivity index (χ2v) is 8.12. The fourth-order valence-corrected chi connectivity index (χ4v) is 4.43. The molecule has 0 saturated carbocycles. The number of anilines is 1. The minimum absolute atomic E-state index is 0.0953. The number of aliphatic imine (C=N–C) groups is 1. The molecule has 0 spiro atoms. The second kappa shape index (κ2) is 8.43. The van der Waals surface area contributed by atoms with E-state index in [0.717, 1.165) is 34.1 Å². The van der Waals surface area contributed by atoms with Crippen LogP contribution < -0.4 is 10.6 Å². The molecule has 5 rings (SSSR count). The van der Waals surface area contributed by atoms with Gasteiger partial charge in [-0.3, -0.25) is 14.8 Å². The highest BCUT2D eigenvalue weighted by molar-refractivity contribution is 6.03. The highest BCUT2D eigenvalue weighted by Crippen LogP contribution is 2.40. The number of nitrogens with one attached hydrogen (secondary N) is 1. The van der Waals surface area contributed by atoms with Crippen molar-refractivity contribution in [1.82, 2.24) is 14.9 Å². The van der Waals surface area contributed by atoms with Gasteiger partial charge in [0.1, 0.15) is 0 Å². The third-order valence-electron chi connectivity index (χ3n) is 6.10. The van der Waals surface area contributed by atoms with Crippen molar-refractivity contribution in [2.45, 2.75) is 25.4 Å². The van der Waals surface area contributed by atoms with E-state index >= 15 is 0 Å². The first-order valence-electron chi connectivity index (χ1n) is 10.9. The van der Waals surface area contributed by atoms with Gasteiger partial charge in [-0.25, -0.2) is 9.78 Å². The van der Waals surface area contributed by atoms with Crippen molar-refractivity contribution in [1.29, 1.82) is 0 Å². The van der Waals surface area contributed by atoms with Gasteiger partial charge in [0.15, 0.2) is 0 Å². The Morgan fingerprint density at radius 2 is 1.97 bits per heavy atom. The zero-order valence-electron chi connectivity index (χ0n) is 18.0. The Kier molecular flexibility index (Phi) is 5.33. The number of nitrogens with two attached hydrogens (primary N) is 1. The fourth-order valence-electron chi connectivity index (χ4n) is 4.43. The predicted molar refractivity (Wildman–Crippen MR) is 129 cm³/mol. The quantitative estimate of drug-likeness (QED) is 0.271. The first kappa shape index (κ1) is 20.2. The highest BCUT2D eigenvalue weighted by atomic mass is 16.2. The zero-order valence-corrected chi connectivity index (χ0v) is 18.0. The molecule has 7 nitrogen and oxygen atoms in total. The maximum atomic E-state index is 13.6. The number of urea groups is 1. The smallest absolute Gasteiger partial charge is 0.330 e. The summed E-state index contributed by atoms with van der Waals surface area (Å²) in [6, 6.07) is 20.2. The van der Waals surface area contributed by atoms with Crippen LogP contribution in [-0.4, -0.2) is 46.4 Å². The lowest BCUT2D eigenvalue weighted by atomic mass is 9.97. The van der Waals surface area contributed by atoms with Crippen LogP contribution in [0, 0.1) is 0 Å². The summed E-state index contributed by atoms with van der Waals surface area (Å²) in [5.74, 6) is 0. The van der Waals surface area contributed by atoms with Gasteiger partial charge >= 0.3 is 6.03 Å². The number of aromatic nitrogens is 2. The second-order valence-electron chi connectivity index (χ2n) is 8.12. The standard InChI is InChI=1S/C25H26N6O/c1-17-24(20-8-7-18-5-2-3-6-19(18)13-20)31(25(32)30(17)16-27-12-4-11-26)21-9-10-22-23(14-21)29-15-28-22/h2-3,5-10,13-17,24H,4,11-12,26H2,1H3,(H,28,29)/b27-16+. The lowest BCUT2D eigenvalue weighted by molar-refractivity contribution is 0.234. The topological polar surface area (TPSA) is 90.6 Å². The molecule has 1 saturated heterocycles. The van der Waals surface area contributed by atoms with E-state index in [4.69, 9.17) is 5.73 Å². The Balaban J connectivity index is 1.59. The molecule has 162 valence electrons. The van der Waals surface area contributed by atoms with Gasteiger partial charge in [-0.1, -0.05) is 36.4 Å². The van der Waals surface area contributed by atoms with Crippen molar-refractivity contribution in [3.05, 3.63) is 72.6 Å². The molecule has 1 aliphatic heterocycles. The van der Waals surface area contributed by atoms with Gasteiger partial charge in [0, 0.05) is 12.2 Å². The van der Waals surface area contributed by atoms with Crippen LogP contribution in [0.4, 0.5) is 10.5 Å². The molecule has 0 bridgehead atoms. The first-order chi connectivity index (χ1) is 15.7. The summed E-state index contributed by atoms with van der Waals surface area (Å²) in [5.41, 5.74) is 9.26. The van der Waals surface area contributed by atoms with Gasteiger partial charge in [-0.05, 0) is 60.5 Å². The van der Waals surface area contributed by atoms with Crippen LogP contribution in [0.1, 0.15) is 24.9 Å². The van der Waals surface area contributed by atoms with Crippen molar-refractivity contribution in [3.63, 3.8) is 0 Å². The molecule has 4 aromatic rings. The third-order valence-corrected chi connectivity index (χ3v) is 6.10. The maximum absolute atomic E-state index is 13.6. The summed E-state index contributed by atoms with van der Waals surface area (Å²) in [6.07, 6.45) is 4.13. The van der Waals surface area contributed by atoms with Crippen molar-refractivity contribution >= 4 is 39.9 Å². The van der Waals surface area contributed by atoms with E-state index in [1.807, 2.05) is 35.2 Å². The molecule has 1 aliphatic rings. The van der Waals surface area contributed by atoms with Crippen molar-refractivity contribution in [2.24, 2.45) is 10.7 Å². The fraction of sp³-hybridized carbons (Fsp3) is 0.240. The van der Waals surface area contributed by atoms with Gasteiger partial charge in [0.25, 0.3) is 0 Å². The predicted octanol–water partition coefficient (Wildman–Crippen LogP) is 4.47. The zero-order chi connectivity index (χ0) is 22.1. The van der Waals surface area contributed by atoms with Crippen LogP contribution in [-0.2, 0) is 0 Å². The van der Waals surface area contributed by atoms with Crippen LogP contribution >= 0.6 is 0 Å². The molecule has 2 amide bonds. The molecule has 1 aromatic heterocycles. The van der Waals surface area contributed by atoms with Crippen molar-refractivity contribution in [3.8, 4) is 0 Å². The first-order valence-corrected chi connectivity index (χ1v) is 10.9. The molecule has 0 radical (unpaired) electrons. The molecule has 2 heterocycles. The van der Waals surface area contributed by atoms with Gasteiger partial charge < -0.3 is 10.7 Å². The largest absolute Gasteiger partial charge is 0.345 e. The molecule has 2 unspecified atom stereocenters. The number of hydrogen-bond donors (Lipinski definition) is 2. The molecule has 3 aromatic carbocycles. The lowest BCUT2D eigenvalue weighted by Gasteiger charge is -2.26. The van der Waals surface area contributed by atoms with Crippen molar-refractivity contribution < 1.29 is 4.79 Å². The van der Waals surface area contributed by atoms with E-state index in [2.05, 4.69) is 52.2 Å². The van der Waals surface area contributed by atoms with E-state index in [-0.39, 0.29) is 18.1 Å². The summed E-state index contributed by atoms with van der Waals surface area (Å²) in [6.45, 7) is 3.25. The number of H-pyrrole nitrogens is 1. The van der Waals surface area contributed by atoms with Crippen LogP contribution in [0.2, 0.25) is 0 Å². The number of imidazole rings is 1. The van der Waals surface area contributed by atoms with E-state index in [9.17, 15) is 4.79 Å². The average Bonchev–Trinajstić information content (AvgIpc) is 3.38. The Hall–Kier alpha value is -3.71. The molecular weight excluding hydrogens is 400 g/mol. The lowest BCUT2D eigenvalue weighted by Crippen LogP contribution is -2.32. The number of benzene rings is 3. The van der Waals surface area contributed by atoms with Crippen LogP contribution in [0.3, 0.4) is 0 Å².